The molecule has 4 rings (SSSR count). The Balaban J connectivity index is 1.65. The number of hydrogen-bond donors (Lipinski definition) is 8. The van der Waals surface area contributed by atoms with Gasteiger partial charge in [-0.3, -0.25) is 57.5 Å². The van der Waals surface area contributed by atoms with Gasteiger partial charge < -0.3 is 88.3 Å². The fourth-order valence-corrected chi connectivity index (χ4v) is 11.1. The molecule has 29 nitrogen and oxygen atoms in total. The maximum atomic E-state index is 15.1. The number of carbonyl (C=O) groups is 12. The summed E-state index contributed by atoms with van der Waals surface area (Å²) in [6.07, 6.45) is 3.66. The Hall–Kier alpha value is -9.68. The van der Waals surface area contributed by atoms with Gasteiger partial charge in [0.05, 0.1) is 78.3 Å². The third-order valence-electron chi connectivity index (χ3n) is 17.1. The van der Waals surface area contributed by atoms with E-state index >= 15 is 9.59 Å². The second-order valence-corrected chi connectivity index (χ2v) is 25.2. The van der Waals surface area contributed by atoms with Gasteiger partial charge in [0.25, 0.3) is 0 Å². The second-order valence-electron chi connectivity index (χ2n) is 25.2. The maximum absolute atomic E-state index is 15.1. The van der Waals surface area contributed by atoms with Crippen LogP contribution in [0, 0.1) is 0 Å². The van der Waals surface area contributed by atoms with Crippen LogP contribution in [0.3, 0.4) is 0 Å². The number of nitrogens with zero attached hydrogens (tertiary/aromatic N) is 9. The van der Waals surface area contributed by atoms with Crippen molar-refractivity contribution in [2.24, 2.45) is 28.7 Å². The molecule has 4 aromatic rings. The molecular formula is C74H109N15O14. The Morgan fingerprint density at radius 2 is 0.505 bits per heavy atom. The minimum atomic E-state index is -1.32. The highest BCUT2D eigenvalue weighted by Gasteiger charge is 2.32. The molecule has 0 aliphatic rings. The topological polar surface area (TPSA) is 417 Å². The molecule has 0 saturated carbocycles. The van der Waals surface area contributed by atoms with E-state index in [4.69, 9.17) is 28.7 Å². The summed E-state index contributed by atoms with van der Waals surface area (Å²) in [6, 6.07) is 38.2. The van der Waals surface area contributed by atoms with Crippen LogP contribution in [-0.4, -0.2) is 282 Å². The molecule has 29 heteroatoms. The SMILES string of the molecule is NCCCCN(CC(=O)N(CCC(=O)O)CC(=O)N(CCC(=O)O)CC(N)=O)C(=O)CN(CCCCN)C(=O)CN(CCCCN)C(=O)CN(CCCCN)C(=O)CN(CCc1ccccc1)C(=O)CN(CCc1ccccc1)C(=O)CN(CCc1ccccc1)C(=O)CNCCc1ccccc1. The van der Waals surface area contributed by atoms with Crippen LogP contribution in [0.15, 0.2) is 121 Å². The van der Waals surface area contributed by atoms with Crippen LogP contribution >= 0.6 is 0 Å². The van der Waals surface area contributed by atoms with Gasteiger partial charge in [-0.1, -0.05) is 121 Å². The summed E-state index contributed by atoms with van der Waals surface area (Å²) in [5.74, 6) is -9.36. The molecule has 0 unspecified atom stereocenters. The van der Waals surface area contributed by atoms with E-state index in [0.717, 1.165) is 37.0 Å². The van der Waals surface area contributed by atoms with Gasteiger partial charge in [0.2, 0.25) is 59.1 Å². The number of aliphatic carboxylic acids is 2. The van der Waals surface area contributed by atoms with Gasteiger partial charge in [-0.25, -0.2) is 0 Å². The van der Waals surface area contributed by atoms with Gasteiger partial charge in [0, 0.05) is 58.9 Å². The van der Waals surface area contributed by atoms with Crippen molar-refractivity contribution in [2.45, 2.75) is 89.9 Å². The summed E-state index contributed by atoms with van der Waals surface area (Å²) in [7, 11) is 0. The standard InChI is InChI=1S/C74H109N15O14/c75-35-13-17-40-81(51-65(92)82(41-18-14-36-76)52-67(94)84(43-20-16-38-78)54-70(97)89(48-34-74(102)103)57-69(96)85(50-63(79)90)47-33-73(100)101)66(93)53-83(42-19-15-37-77)68(95)56-87(45-31-61-25-9-3-10-26-61)72(99)58-88(46-32-62-27-11-4-12-28-62)71(98)55-86(44-30-60-23-7-2-8-24-60)64(91)49-80-39-29-59-21-5-1-6-22-59/h1-12,21-28,80H,13-20,29-58,75-78H2,(H2,79,90)(H,100,101)(H,102,103). The molecule has 0 aromatic heterocycles. The van der Waals surface area contributed by atoms with Crippen LogP contribution in [0.5, 0.6) is 0 Å². The van der Waals surface area contributed by atoms with Crippen molar-refractivity contribution in [1.82, 2.24) is 49.4 Å². The molecule has 0 heterocycles. The normalized spacial score (nSPS) is 10.9. The lowest BCUT2D eigenvalue weighted by Crippen LogP contribution is -2.53. The van der Waals surface area contributed by atoms with Gasteiger partial charge in [-0.15, -0.1) is 0 Å². The first-order valence-corrected chi connectivity index (χ1v) is 35.5. The van der Waals surface area contributed by atoms with Gasteiger partial charge in [-0.05, 0) is 132 Å². The average Bonchev–Trinajstić information content (AvgIpc) is 0.936. The Kier molecular flexibility index (Phi) is 41.5. The third kappa shape index (κ3) is 35.2. The fourth-order valence-electron chi connectivity index (χ4n) is 11.1. The van der Waals surface area contributed by atoms with Crippen LogP contribution in [0.1, 0.15) is 86.5 Å². The number of carboxylic acids is 2. The number of nitrogens with two attached hydrogens (primary N) is 5. The minimum absolute atomic E-state index is 0.00354. The number of unbranched alkanes of at least 4 members (excludes halogenated alkanes) is 4. The van der Waals surface area contributed by atoms with Crippen LogP contribution in [-0.2, 0) is 83.2 Å². The lowest BCUT2D eigenvalue weighted by Gasteiger charge is -2.33. The first-order valence-electron chi connectivity index (χ1n) is 35.5. The number of carbonyl (C=O) groups excluding carboxylic acids is 10. The number of benzene rings is 4. The summed E-state index contributed by atoms with van der Waals surface area (Å²) >= 11 is 0. The highest BCUT2D eigenvalue weighted by Crippen LogP contribution is 2.13. The van der Waals surface area contributed by atoms with E-state index in [2.05, 4.69) is 5.32 Å². The Morgan fingerprint density at radius 3 is 0.748 bits per heavy atom. The quantitative estimate of drug-likeness (QED) is 0.0277. The van der Waals surface area contributed by atoms with Gasteiger partial charge >= 0.3 is 11.9 Å². The van der Waals surface area contributed by atoms with Crippen LogP contribution in [0.4, 0.5) is 0 Å². The van der Waals surface area contributed by atoms with Gasteiger partial charge in [0.15, 0.2) is 0 Å². The number of hydrogen-bond acceptors (Lipinski definition) is 17. The number of carboxylic acid groups (broad SMARTS) is 2. The smallest absolute Gasteiger partial charge is 0.305 e. The predicted molar refractivity (Wildman–Crippen MR) is 390 cm³/mol. The Bertz CT molecular complexity index is 3250. The minimum Gasteiger partial charge on any atom is -0.481 e. The number of nitrogens with one attached hydrogen (secondary N) is 1. The van der Waals surface area contributed by atoms with E-state index in [0.29, 0.717) is 77.2 Å². The van der Waals surface area contributed by atoms with Crippen molar-refractivity contribution >= 4 is 71.0 Å². The molecule has 0 fully saturated rings. The lowest BCUT2D eigenvalue weighted by molar-refractivity contribution is -0.149. The number of rotatable bonds is 54. The highest BCUT2D eigenvalue weighted by atomic mass is 16.4. The molecule has 564 valence electrons. The summed E-state index contributed by atoms with van der Waals surface area (Å²) in [4.78, 5) is 177. The lowest BCUT2D eigenvalue weighted by atomic mass is 10.1. The summed E-state index contributed by atoms with van der Waals surface area (Å²) in [5, 5.41) is 22.1. The third-order valence-corrected chi connectivity index (χ3v) is 17.1. The molecule has 0 atom stereocenters. The van der Waals surface area contributed by atoms with Crippen LogP contribution in [0.2, 0.25) is 0 Å². The van der Waals surface area contributed by atoms with Gasteiger partial charge in [0.1, 0.15) is 0 Å². The predicted octanol–water partition coefficient (Wildman–Crippen LogP) is 0.394. The summed E-state index contributed by atoms with van der Waals surface area (Å²) < 4.78 is 0. The molecule has 4 aromatic carbocycles. The zero-order chi connectivity index (χ0) is 75.2. The summed E-state index contributed by atoms with van der Waals surface area (Å²) in [6.45, 7) is -4.47. The molecule has 0 aliphatic carbocycles. The van der Waals surface area contributed by atoms with Crippen molar-refractivity contribution in [1.29, 1.82) is 0 Å². The maximum Gasteiger partial charge on any atom is 0.305 e. The van der Waals surface area contributed by atoms with Gasteiger partial charge in [-0.2, -0.15) is 0 Å². The van der Waals surface area contributed by atoms with Crippen LogP contribution in [0.25, 0.3) is 0 Å². The van der Waals surface area contributed by atoms with E-state index < -0.39 is 143 Å². The molecule has 10 amide bonds. The van der Waals surface area contributed by atoms with Crippen molar-refractivity contribution in [3.8, 4) is 0 Å². The molecule has 0 radical (unpaired) electrons. The largest absolute Gasteiger partial charge is 0.481 e. The van der Waals surface area contributed by atoms with Crippen molar-refractivity contribution in [3.05, 3.63) is 144 Å². The van der Waals surface area contributed by atoms with E-state index in [1.807, 2.05) is 121 Å². The van der Waals surface area contributed by atoms with Crippen molar-refractivity contribution in [2.75, 3.05) is 157 Å². The molecule has 0 spiro atoms. The Labute approximate surface area is 604 Å². The highest BCUT2D eigenvalue weighted by molar-refractivity contribution is 5.94. The molecule has 103 heavy (non-hydrogen) atoms. The van der Waals surface area contributed by atoms with Crippen LogP contribution < -0.4 is 34.0 Å². The molecule has 0 saturated heterocycles. The zero-order valence-corrected chi connectivity index (χ0v) is 59.6. The molecule has 13 N–H and O–H groups in total. The Morgan fingerprint density at radius 1 is 0.282 bits per heavy atom. The fraction of sp³-hybridized carbons (Fsp3) is 0.514. The van der Waals surface area contributed by atoms with E-state index in [1.54, 1.807) is 0 Å². The molecular weight excluding hydrogens is 1320 g/mol. The second kappa shape index (κ2) is 49.8. The first-order chi connectivity index (χ1) is 49.6. The van der Waals surface area contributed by atoms with Crippen molar-refractivity contribution in [3.63, 3.8) is 0 Å². The van der Waals surface area contributed by atoms with Crippen molar-refractivity contribution < 1.29 is 67.7 Å². The van der Waals surface area contributed by atoms with E-state index in [1.165, 1.54) is 29.4 Å². The number of amides is 10. The zero-order valence-electron chi connectivity index (χ0n) is 59.6. The van der Waals surface area contributed by atoms with E-state index in [-0.39, 0.29) is 97.4 Å². The number of primary amides is 1. The van der Waals surface area contributed by atoms with E-state index in [9.17, 15) is 58.2 Å². The molecule has 0 bridgehead atoms. The monoisotopic (exact) mass is 1430 g/mol. The summed E-state index contributed by atoms with van der Waals surface area (Å²) in [5.41, 5.74) is 32.7. The first kappa shape index (κ1) is 85.7. The average molecular weight is 1430 g/mol. The molecule has 0 aliphatic heterocycles.